The molecule has 0 aliphatic carbocycles. The van der Waals surface area contributed by atoms with Gasteiger partial charge in [-0.25, -0.2) is 0 Å². The van der Waals surface area contributed by atoms with Crippen LogP contribution in [0.1, 0.15) is 5.56 Å². The van der Waals surface area contributed by atoms with Crippen LogP contribution in [-0.2, 0) is 0 Å². The number of hydrogen-bond acceptors (Lipinski definition) is 2. The van der Waals surface area contributed by atoms with Crippen molar-refractivity contribution in [3.8, 4) is 5.75 Å². The SMILES string of the molecule is O[CH]c1cc(Cl)ccc1OC(F)(F)F. The van der Waals surface area contributed by atoms with Gasteiger partial charge in [0.15, 0.2) is 0 Å². The van der Waals surface area contributed by atoms with E-state index in [0.717, 1.165) is 12.1 Å². The number of halogens is 4. The fraction of sp³-hybridized carbons (Fsp3) is 0.125. The summed E-state index contributed by atoms with van der Waals surface area (Å²) >= 11 is 5.50. The Hall–Kier alpha value is -0.940. The van der Waals surface area contributed by atoms with Crippen LogP contribution in [0.5, 0.6) is 5.75 Å². The number of benzene rings is 1. The Bertz CT molecular complexity index is 325. The molecule has 1 aromatic rings. The number of aliphatic hydroxyl groups is 1. The van der Waals surface area contributed by atoms with E-state index in [1.54, 1.807) is 0 Å². The van der Waals surface area contributed by atoms with Gasteiger partial charge in [-0.05, 0) is 18.2 Å². The topological polar surface area (TPSA) is 29.5 Å². The van der Waals surface area contributed by atoms with Crippen LogP contribution in [0, 0.1) is 6.61 Å². The quantitative estimate of drug-likeness (QED) is 0.838. The number of ether oxygens (including phenoxy) is 1. The molecule has 6 heteroatoms. The zero-order valence-corrected chi connectivity index (χ0v) is 7.43. The van der Waals surface area contributed by atoms with Crippen molar-refractivity contribution in [1.29, 1.82) is 0 Å². The van der Waals surface area contributed by atoms with Gasteiger partial charge < -0.3 is 9.84 Å². The Labute approximate surface area is 82.9 Å². The van der Waals surface area contributed by atoms with E-state index in [9.17, 15) is 13.2 Å². The Kier molecular flexibility index (Phi) is 3.23. The van der Waals surface area contributed by atoms with Gasteiger partial charge >= 0.3 is 6.36 Å². The predicted molar refractivity (Wildman–Crippen MR) is 43.5 cm³/mol. The second-order valence-corrected chi connectivity index (χ2v) is 2.80. The molecular weight excluding hydrogens is 221 g/mol. The van der Waals surface area contributed by atoms with E-state index in [2.05, 4.69) is 4.74 Å². The first-order valence-corrected chi connectivity index (χ1v) is 3.83. The first-order chi connectivity index (χ1) is 6.42. The standard InChI is InChI=1S/C8H5ClF3O2/c9-6-1-2-7(5(3-6)4-13)14-8(10,11)12/h1-4,13H. The lowest BCUT2D eigenvalue weighted by atomic mass is 10.2. The lowest BCUT2D eigenvalue weighted by Crippen LogP contribution is -2.18. The number of rotatable bonds is 2. The van der Waals surface area contributed by atoms with Crippen molar-refractivity contribution in [3.63, 3.8) is 0 Å². The zero-order chi connectivity index (χ0) is 10.8. The average molecular weight is 226 g/mol. The fourth-order valence-corrected chi connectivity index (χ4v) is 1.02. The summed E-state index contributed by atoms with van der Waals surface area (Å²) in [6, 6.07) is 3.41. The number of aliphatic hydroxyl groups excluding tert-OH is 1. The monoisotopic (exact) mass is 225 g/mol. The zero-order valence-electron chi connectivity index (χ0n) is 6.68. The van der Waals surface area contributed by atoms with Crippen LogP contribution in [0.4, 0.5) is 13.2 Å². The minimum Gasteiger partial charge on any atom is -0.405 e. The van der Waals surface area contributed by atoms with Crippen LogP contribution in [0.2, 0.25) is 5.02 Å². The van der Waals surface area contributed by atoms with Crippen LogP contribution in [0.15, 0.2) is 18.2 Å². The summed E-state index contributed by atoms with van der Waals surface area (Å²) in [5.74, 6) is -0.496. The van der Waals surface area contributed by atoms with Gasteiger partial charge in [-0.3, -0.25) is 0 Å². The van der Waals surface area contributed by atoms with Crippen LogP contribution in [0.3, 0.4) is 0 Å². The van der Waals surface area contributed by atoms with Crippen LogP contribution < -0.4 is 4.74 Å². The van der Waals surface area contributed by atoms with E-state index < -0.39 is 12.1 Å². The Morgan fingerprint density at radius 2 is 2.00 bits per heavy atom. The van der Waals surface area contributed by atoms with Gasteiger partial charge in [0.25, 0.3) is 0 Å². The lowest BCUT2D eigenvalue weighted by Gasteiger charge is -2.11. The highest BCUT2D eigenvalue weighted by Gasteiger charge is 2.32. The number of alkyl halides is 3. The van der Waals surface area contributed by atoms with Gasteiger partial charge in [0.05, 0.1) is 0 Å². The molecule has 0 heterocycles. The molecule has 1 aromatic carbocycles. The molecule has 1 N–H and O–H groups in total. The van der Waals surface area contributed by atoms with Crippen molar-refractivity contribution in [2.24, 2.45) is 0 Å². The summed E-state index contributed by atoms with van der Waals surface area (Å²) in [6.07, 6.45) is -4.79. The molecule has 1 rings (SSSR count). The average Bonchev–Trinajstić information content (AvgIpc) is 2.06. The van der Waals surface area contributed by atoms with Crippen molar-refractivity contribution in [1.82, 2.24) is 0 Å². The molecule has 0 aromatic heterocycles. The maximum Gasteiger partial charge on any atom is 0.573 e. The molecule has 0 bridgehead atoms. The molecule has 2 nitrogen and oxygen atoms in total. The van der Waals surface area contributed by atoms with Crippen molar-refractivity contribution in [2.45, 2.75) is 6.36 Å². The van der Waals surface area contributed by atoms with Gasteiger partial charge in [-0.2, -0.15) is 0 Å². The summed E-state index contributed by atoms with van der Waals surface area (Å²) in [5, 5.41) is 8.82. The first kappa shape index (κ1) is 11.1. The molecule has 0 aliphatic rings. The van der Waals surface area contributed by atoms with Crippen LogP contribution in [-0.4, -0.2) is 11.5 Å². The second kappa shape index (κ2) is 4.06. The third-order valence-electron chi connectivity index (χ3n) is 1.34. The van der Waals surface area contributed by atoms with E-state index >= 15 is 0 Å². The molecule has 0 atom stereocenters. The first-order valence-electron chi connectivity index (χ1n) is 3.45. The predicted octanol–water partition coefficient (Wildman–Crippen LogP) is 3.12. The fourth-order valence-electron chi connectivity index (χ4n) is 0.838. The molecule has 0 unspecified atom stereocenters. The molecule has 0 saturated carbocycles. The maximum absolute atomic E-state index is 11.8. The van der Waals surface area contributed by atoms with Crippen molar-refractivity contribution in [3.05, 3.63) is 35.4 Å². The minimum atomic E-state index is -4.79. The van der Waals surface area contributed by atoms with E-state index in [0.29, 0.717) is 6.61 Å². The Balaban J connectivity index is 2.97. The van der Waals surface area contributed by atoms with Crippen LogP contribution in [0.25, 0.3) is 0 Å². The number of hydrogen-bond donors (Lipinski definition) is 1. The third-order valence-corrected chi connectivity index (χ3v) is 1.57. The molecule has 77 valence electrons. The van der Waals surface area contributed by atoms with Crippen LogP contribution >= 0.6 is 11.6 Å². The van der Waals surface area contributed by atoms with Gasteiger partial charge in [-0.15, -0.1) is 13.2 Å². The van der Waals surface area contributed by atoms with E-state index in [-0.39, 0.29) is 10.6 Å². The summed E-state index contributed by atoms with van der Waals surface area (Å²) in [4.78, 5) is 0. The summed E-state index contributed by atoms with van der Waals surface area (Å²) in [5.41, 5.74) is -0.130. The van der Waals surface area contributed by atoms with Crippen molar-refractivity contribution < 1.29 is 23.0 Å². The highest BCUT2D eigenvalue weighted by Crippen LogP contribution is 2.28. The van der Waals surface area contributed by atoms with Crippen molar-refractivity contribution >= 4 is 11.6 Å². The van der Waals surface area contributed by atoms with Gasteiger partial charge in [0.1, 0.15) is 12.4 Å². The van der Waals surface area contributed by atoms with E-state index in [1.165, 1.54) is 6.07 Å². The minimum absolute atomic E-state index is 0.130. The maximum atomic E-state index is 11.8. The third kappa shape index (κ3) is 3.08. The highest BCUT2D eigenvalue weighted by atomic mass is 35.5. The summed E-state index contributed by atoms with van der Waals surface area (Å²) < 4.78 is 39.1. The normalized spacial score (nSPS) is 11.5. The largest absolute Gasteiger partial charge is 0.573 e. The van der Waals surface area contributed by atoms with Crippen molar-refractivity contribution in [2.75, 3.05) is 0 Å². The highest BCUT2D eigenvalue weighted by molar-refractivity contribution is 6.30. The van der Waals surface area contributed by atoms with Gasteiger partial charge in [-0.1, -0.05) is 11.6 Å². The molecule has 0 aliphatic heterocycles. The molecule has 0 amide bonds. The summed E-state index contributed by atoms with van der Waals surface area (Å²) in [6.45, 7) is 0.493. The van der Waals surface area contributed by atoms with Gasteiger partial charge in [0, 0.05) is 10.6 Å². The lowest BCUT2D eigenvalue weighted by molar-refractivity contribution is -0.274. The molecule has 0 spiro atoms. The second-order valence-electron chi connectivity index (χ2n) is 2.36. The Morgan fingerprint density at radius 3 is 2.50 bits per heavy atom. The van der Waals surface area contributed by atoms with Gasteiger partial charge in [0.2, 0.25) is 0 Å². The smallest absolute Gasteiger partial charge is 0.405 e. The molecule has 1 radical (unpaired) electrons. The summed E-state index contributed by atoms with van der Waals surface area (Å²) in [7, 11) is 0. The molecule has 14 heavy (non-hydrogen) atoms. The van der Waals surface area contributed by atoms with E-state index in [4.69, 9.17) is 16.7 Å². The van der Waals surface area contributed by atoms with E-state index in [1.807, 2.05) is 0 Å². The molecular formula is C8H5ClF3O2. The molecule has 0 fully saturated rings. The Morgan fingerprint density at radius 1 is 1.36 bits per heavy atom. The molecule has 0 saturated heterocycles.